The molecule has 0 saturated heterocycles. The Bertz CT molecular complexity index is 353. The summed E-state index contributed by atoms with van der Waals surface area (Å²) in [5, 5.41) is 18.9. The first-order valence-corrected chi connectivity index (χ1v) is 5.13. The molecule has 0 radical (unpaired) electrons. The van der Waals surface area contributed by atoms with Gasteiger partial charge in [0.15, 0.2) is 0 Å². The Kier molecular flexibility index (Phi) is 4.02. The summed E-state index contributed by atoms with van der Waals surface area (Å²) in [6, 6.07) is 3.41. The van der Waals surface area contributed by atoms with Crippen LogP contribution in [0.2, 0.25) is 5.02 Å². The quantitative estimate of drug-likeness (QED) is 0.762. The van der Waals surface area contributed by atoms with E-state index in [9.17, 15) is 10.0 Å². The predicted molar refractivity (Wildman–Crippen MR) is 61.8 cm³/mol. The molecule has 2 N–H and O–H groups in total. The van der Waals surface area contributed by atoms with E-state index in [4.69, 9.17) is 16.3 Å². The molecule has 0 spiro atoms. The lowest BCUT2D eigenvalue weighted by molar-refractivity contribution is 0.243. The maximum Gasteiger partial charge on any atom is 0.492 e. The van der Waals surface area contributed by atoms with Crippen molar-refractivity contribution in [3.8, 4) is 5.75 Å². The van der Waals surface area contributed by atoms with Crippen LogP contribution >= 0.6 is 11.6 Å². The van der Waals surface area contributed by atoms with Crippen LogP contribution in [0.5, 0.6) is 5.75 Å². The van der Waals surface area contributed by atoms with Crippen LogP contribution < -0.4 is 10.2 Å². The monoisotopic (exact) mass is 228 g/mol. The number of hydrogen-bond acceptors (Lipinski definition) is 3. The second-order valence-electron chi connectivity index (χ2n) is 3.65. The molecule has 0 amide bonds. The summed E-state index contributed by atoms with van der Waals surface area (Å²) in [6.45, 7) is 5.48. The molecule has 82 valence electrons. The Morgan fingerprint density at radius 1 is 1.33 bits per heavy atom. The molecule has 0 aliphatic heterocycles. The minimum absolute atomic E-state index is 0.0678. The molecule has 0 aliphatic rings. The molecule has 0 bridgehead atoms. The maximum atomic E-state index is 9.24. The first kappa shape index (κ1) is 12.4. The van der Waals surface area contributed by atoms with Crippen molar-refractivity contribution >= 4 is 24.2 Å². The highest BCUT2D eigenvalue weighted by atomic mass is 35.5. The minimum Gasteiger partial charge on any atom is -0.490 e. The standard InChI is InChI=1S/C10H14BClO3/c1-6(2)15-10-8(12)5-4-7(3)9(10)11(13)14/h4-6,13-14H,1-3H3. The van der Waals surface area contributed by atoms with Crippen LogP contribution in [0, 0.1) is 6.92 Å². The average Bonchev–Trinajstić information content (AvgIpc) is 2.10. The molecule has 1 aromatic rings. The lowest BCUT2D eigenvalue weighted by atomic mass is 9.76. The first-order chi connectivity index (χ1) is 6.93. The van der Waals surface area contributed by atoms with E-state index >= 15 is 0 Å². The Labute approximate surface area is 94.8 Å². The van der Waals surface area contributed by atoms with Crippen LogP contribution in [-0.2, 0) is 0 Å². The fourth-order valence-corrected chi connectivity index (χ4v) is 1.56. The van der Waals surface area contributed by atoms with Crippen molar-refractivity contribution in [2.45, 2.75) is 26.9 Å². The largest absolute Gasteiger partial charge is 0.492 e. The van der Waals surface area contributed by atoms with E-state index in [1.807, 2.05) is 13.8 Å². The summed E-state index contributed by atoms with van der Waals surface area (Å²) in [5.74, 6) is 0.349. The van der Waals surface area contributed by atoms with Crippen LogP contribution in [0.25, 0.3) is 0 Å². The van der Waals surface area contributed by atoms with Crippen molar-refractivity contribution in [2.75, 3.05) is 0 Å². The summed E-state index contributed by atoms with van der Waals surface area (Å²) in [4.78, 5) is 0. The van der Waals surface area contributed by atoms with Crippen molar-refractivity contribution < 1.29 is 14.8 Å². The van der Waals surface area contributed by atoms with Crippen molar-refractivity contribution in [1.82, 2.24) is 0 Å². The van der Waals surface area contributed by atoms with Gasteiger partial charge in [0.25, 0.3) is 0 Å². The van der Waals surface area contributed by atoms with Crippen LogP contribution in [0.1, 0.15) is 19.4 Å². The first-order valence-electron chi connectivity index (χ1n) is 4.75. The number of hydrogen-bond donors (Lipinski definition) is 2. The van der Waals surface area contributed by atoms with Gasteiger partial charge in [-0.25, -0.2) is 0 Å². The molecular weight excluding hydrogens is 214 g/mol. The van der Waals surface area contributed by atoms with Gasteiger partial charge in [0.1, 0.15) is 5.75 Å². The summed E-state index contributed by atoms with van der Waals surface area (Å²) >= 11 is 5.94. The van der Waals surface area contributed by atoms with Gasteiger partial charge in [-0.1, -0.05) is 17.7 Å². The van der Waals surface area contributed by atoms with E-state index in [0.29, 0.717) is 16.2 Å². The molecule has 1 rings (SSSR count). The van der Waals surface area contributed by atoms with E-state index in [1.54, 1.807) is 19.1 Å². The molecule has 5 heteroatoms. The third-order valence-corrected chi connectivity index (χ3v) is 2.28. The number of halogens is 1. The number of aryl methyl sites for hydroxylation is 1. The van der Waals surface area contributed by atoms with E-state index < -0.39 is 7.12 Å². The number of benzene rings is 1. The number of rotatable bonds is 3. The second kappa shape index (κ2) is 4.88. The third kappa shape index (κ3) is 2.87. The van der Waals surface area contributed by atoms with E-state index in [0.717, 1.165) is 5.56 Å². The summed E-state index contributed by atoms with van der Waals surface area (Å²) < 4.78 is 5.47. The van der Waals surface area contributed by atoms with E-state index in [1.165, 1.54) is 0 Å². The van der Waals surface area contributed by atoms with Gasteiger partial charge >= 0.3 is 7.12 Å². The molecule has 0 saturated carbocycles. The van der Waals surface area contributed by atoms with Gasteiger partial charge in [-0.2, -0.15) is 0 Å². The Morgan fingerprint density at radius 3 is 2.40 bits per heavy atom. The van der Waals surface area contributed by atoms with Crippen molar-refractivity contribution in [1.29, 1.82) is 0 Å². The SMILES string of the molecule is Cc1ccc(Cl)c(OC(C)C)c1B(O)O. The van der Waals surface area contributed by atoms with Crippen molar-refractivity contribution in [3.63, 3.8) is 0 Å². The Hall–Kier alpha value is -0.705. The highest BCUT2D eigenvalue weighted by Gasteiger charge is 2.22. The highest BCUT2D eigenvalue weighted by Crippen LogP contribution is 2.24. The molecule has 1 aromatic carbocycles. The lowest BCUT2D eigenvalue weighted by Crippen LogP contribution is -2.34. The van der Waals surface area contributed by atoms with Crippen LogP contribution in [0.3, 0.4) is 0 Å². The fraction of sp³-hybridized carbons (Fsp3) is 0.400. The molecule has 0 fully saturated rings. The predicted octanol–water partition coefficient (Wildman–Crippen LogP) is 1.12. The maximum absolute atomic E-state index is 9.24. The van der Waals surface area contributed by atoms with Gasteiger partial charge in [-0.05, 0) is 32.4 Å². The summed E-state index contributed by atoms with van der Waals surface area (Å²) in [5.41, 5.74) is 1.07. The zero-order valence-corrected chi connectivity index (χ0v) is 9.75. The zero-order valence-electron chi connectivity index (χ0n) is 8.99. The van der Waals surface area contributed by atoms with Gasteiger partial charge in [-0.15, -0.1) is 0 Å². The number of ether oxygens (including phenoxy) is 1. The fourth-order valence-electron chi connectivity index (χ4n) is 1.35. The lowest BCUT2D eigenvalue weighted by Gasteiger charge is -2.17. The van der Waals surface area contributed by atoms with Crippen LogP contribution in [-0.4, -0.2) is 23.3 Å². The molecule has 0 aliphatic carbocycles. The smallest absolute Gasteiger partial charge is 0.490 e. The van der Waals surface area contributed by atoms with Crippen LogP contribution in [0.15, 0.2) is 12.1 Å². The molecule has 0 aromatic heterocycles. The molecular formula is C10H14BClO3. The second-order valence-corrected chi connectivity index (χ2v) is 4.05. The normalized spacial score (nSPS) is 10.6. The van der Waals surface area contributed by atoms with Crippen LogP contribution in [0.4, 0.5) is 0 Å². The molecule has 0 heterocycles. The van der Waals surface area contributed by atoms with Crippen molar-refractivity contribution in [3.05, 3.63) is 22.7 Å². The Morgan fingerprint density at radius 2 is 1.93 bits per heavy atom. The third-order valence-electron chi connectivity index (χ3n) is 1.98. The topological polar surface area (TPSA) is 49.7 Å². The van der Waals surface area contributed by atoms with Gasteiger partial charge in [0.05, 0.1) is 11.1 Å². The van der Waals surface area contributed by atoms with Gasteiger partial charge in [0, 0.05) is 5.46 Å². The van der Waals surface area contributed by atoms with Gasteiger partial charge in [-0.3, -0.25) is 0 Å². The molecule has 3 nitrogen and oxygen atoms in total. The minimum atomic E-state index is -1.57. The van der Waals surface area contributed by atoms with E-state index in [-0.39, 0.29) is 6.10 Å². The zero-order chi connectivity index (χ0) is 11.6. The van der Waals surface area contributed by atoms with Crippen molar-refractivity contribution in [2.24, 2.45) is 0 Å². The highest BCUT2D eigenvalue weighted by molar-refractivity contribution is 6.61. The molecule has 0 atom stereocenters. The molecule has 0 unspecified atom stereocenters. The average molecular weight is 228 g/mol. The van der Waals surface area contributed by atoms with Gasteiger partial charge in [0.2, 0.25) is 0 Å². The Balaban J connectivity index is 3.25. The summed E-state index contributed by atoms with van der Waals surface area (Å²) in [6.07, 6.45) is -0.0678. The molecule has 15 heavy (non-hydrogen) atoms. The van der Waals surface area contributed by atoms with E-state index in [2.05, 4.69) is 0 Å². The van der Waals surface area contributed by atoms with Gasteiger partial charge < -0.3 is 14.8 Å². The summed E-state index contributed by atoms with van der Waals surface area (Å²) in [7, 11) is -1.57.